The second-order valence-corrected chi connectivity index (χ2v) is 4.71. The number of ether oxygens (including phenoxy) is 1. The van der Waals surface area contributed by atoms with Crippen molar-refractivity contribution in [3.05, 3.63) is 29.3 Å². The van der Waals surface area contributed by atoms with Gasteiger partial charge in [0.15, 0.2) is 0 Å². The van der Waals surface area contributed by atoms with E-state index in [-0.39, 0.29) is 18.5 Å². The molecule has 3 nitrogen and oxygen atoms in total. The fraction of sp³-hybridized carbons (Fsp3) is 0.533. The maximum Gasteiger partial charge on any atom is 0.417 e. The molecule has 0 aromatic heterocycles. The summed E-state index contributed by atoms with van der Waals surface area (Å²) < 4.78 is 44.2. The van der Waals surface area contributed by atoms with Gasteiger partial charge in [-0.1, -0.05) is 13.3 Å². The van der Waals surface area contributed by atoms with Crippen LogP contribution in [0, 0.1) is 11.3 Å². The van der Waals surface area contributed by atoms with E-state index in [4.69, 9.17) is 15.1 Å². The number of nitrogens with zero attached hydrogens (tertiary/aromatic N) is 1. The quantitative estimate of drug-likeness (QED) is 0.831. The van der Waals surface area contributed by atoms with Crippen LogP contribution in [0.1, 0.15) is 43.7 Å². The molecule has 0 spiro atoms. The lowest BCUT2D eigenvalue weighted by molar-refractivity contribution is -0.137. The van der Waals surface area contributed by atoms with Crippen LogP contribution in [0.25, 0.3) is 0 Å². The molecule has 0 bridgehead atoms. The summed E-state index contributed by atoms with van der Waals surface area (Å²) in [5.41, 5.74) is -1.41. The van der Waals surface area contributed by atoms with Crippen LogP contribution in [0.2, 0.25) is 0 Å². The first kappa shape index (κ1) is 17.3. The third kappa shape index (κ3) is 5.27. The molecule has 1 N–H and O–H groups in total. The van der Waals surface area contributed by atoms with Crippen LogP contribution >= 0.6 is 0 Å². The molecule has 0 fully saturated rings. The molecule has 0 heterocycles. The van der Waals surface area contributed by atoms with Gasteiger partial charge in [0.25, 0.3) is 0 Å². The highest BCUT2D eigenvalue weighted by molar-refractivity contribution is 5.44. The Morgan fingerprint density at radius 2 is 2.05 bits per heavy atom. The van der Waals surface area contributed by atoms with Crippen LogP contribution in [0.15, 0.2) is 18.2 Å². The maximum atomic E-state index is 12.9. The Kier molecular flexibility index (Phi) is 6.50. The van der Waals surface area contributed by atoms with Crippen molar-refractivity contribution in [2.75, 3.05) is 6.61 Å². The maximum absolute atomic E-state index is 12.9. The molecule has 1 unspecified atom stereocenters. The number of hydrogen-bond acceptors (Lipinski definition) is 3. The van der Waals surface area contributed by atoms with Crippen LogP contribution in [0.5, 0.6) is 5.75 Å². The summed E-state index contributed by atoms with van der Waals surface area (Å²) in [5.74, 6) is 0.0951. The molecule has 0 amide bonds. The van der Waals surface area contributed by atoms with Crippen molar-refractivity contribution in [3.63, 3.8) is 0 Å². The predicted octanol–water partition coefficient (Wildman–Crippen LogP) is 3.90. The molecular weight excluding hydrogens is 283 g/mol. The third-order valence-corrected chi connectivity index (χ3v) is 3.01. The zero-order valence-corrected chi connectivity index (χ0v) is 11.8. The fourth-order valence-corrected chi connectivity index (χ4v) is 2.02. The van der Waals surface area contributed by atoms with Crippen molar-refractivity contribution in [2.24, 2.45) is 0 Å². The predicted molar refractivity (Wildman–Crippen MR) is 71.8 cm³/mol. The molecule has 0 aliphatic heterocycles. The molecule has 0 saturated heterocycles. The largest absolute Gasteiger partial charge is 0.490 e. The Bertz CT molecular complexity index is 495. The average molecular weight is 301 g/mol. The summed E-state index contributed by atoms with van der Waals surface area (Å²) in [5, 5.41) is 17.6. The van der Waals surface area contributed by atoms with Crippen LogP contribution in [-0.4, -0.2) is 17.8 Å². The van der Waals surface area contributed by atoms with Gasteiger partial charge in [-0.3, -0.25) is 0 Å². The van der Waals surface area contributed by atoms with Gasteiger partial charge in [-0.25, -0.2) is 0 Å². The Morgan fingerprint density at radius 3 is 2.57 bits per heavy atom. The normalized spacial score (nSPS) is 12.8. The van der Waals surface area contributed by atoms with E-state index in [0.29, 0.717) is 19.3 Å². The first-order valence-corrected chi connectivity index (χ1v) is 6.81. The van der Waals surface area contributed by atoms with E-state index in [1.165, 1.54) is 12.1 Å². The molecule has 1 rings (SSSR count). The van der Waals surface area contributed by atoms with Gasteiger partial charge < -0.3 is 9.84 Å². The SMILES string of the molecule is CCCC(CCCO)Oc1ccc(C#N)c(C(F)(F)F)c1. The fourth-order valence-electron chi connectivity index (χ4n) is 2.02. The lowest BCUT2D eigenvalue weighted by Crippen LogP contribution is -2.17. The standard InChI is InChI=1S/C15H18F3NO2/c1-2-4-12(5-3-8-20)21-13-7-6-11(10-19)14(9-13)15(16,17)18/h6-7,9,12,20H,2-5,8H2,1H3. The summed E-state index contributed by atoms with van der Waals surface area (Å²) in [6, 6.07) is 4.88. The molecule has 6 heteroatoms. The van der Waals surface area contributed by atoms with Gasteiger partial charge in [-0.2, -0.15) is 18.4 Å². The first-order valence-electron chi connectivity index (χ1n) is 6.81. The molecule has 116 valence electrons. The Hall–Kier alpha value is -1.74. The van der Waals surface area contributed by atoms with Crippen LogP contribution in [0.3, 0.4) is 0 Å². The van der Waals surface area contributed by atoms with Crippen LogP contribution in [-0.2, 0) is 6.18 Å². The van der Waals surface area contributed by atoms with Crippen molar-refractivity contribution >= 4 is 0 Å². The van der Waals surface area contributed by atoms with Gasteiger partial charge >= 0.3 is 6.18 Å². The number of halogens is 3. The van der Waals surface area contributed by atoms with Gasteiger partial charge in [0.05, 0.1) is 23.3 Å². The van der Waals surface area contributed by atoms with E-state index in [9.17, 15) is 13.2 Å². The number of aliphatic hydroxyl groups excluding tert-OH is 1. The van der Waals surface area contributed by atoms with E-state index in [2.05, 4.69) is 0 Å². The molecule has 1 atom stereocenters. The second-order valence-electron chi connectivity index (χ2n) is 4.71. The number of hydrogen-bond donors (Lipinski definition) is 1. The minimum absolute atomic E-state index is 0.0186. The summed E-state index contributed by atoms with van der Waals surface area (Å²) in [4.78, 5) is 0. The van der Waals surface area contributed by atoms with Crippen molar-refractivity contribution in [1.82, 2.24) is 0 Å². The number of alkyl halides is 3. The van der Waals surface area contributed by atoms with Gasteiger partial charge in [0, 0.05) is 6.61 Å². The lowest BCUT2D eigenvalue weighted by Gasteiger charge is -2.19. The van der Waals surface area contributed by atoms with Crippen molar-refractivity contribution < 1.29 is 23.0 Å². The zero-order valence-electron chi connectivity index (χ0n) is 11.8. The number of aliphatic hydroxyl groups is 1. The zero-order chi connectivity index (χ0) is 15.9. The van der Waals surface area contributed by atoms with Crippen LogP contribution in [0.4, 0.5) is 13.2 Å². The molecule has 0 aliphatic rings. The van der Waals surface area contributed by atoms with E-state index >= 15 is 0 Å². The number of nitriles is 1. The van der Waals surface area contributed by atoms with E-state index in [0.717, 1.165) is 18.6 Å². The third-order valence-electron chi connectivity index (χ3n) is 3.01. The average Bonchev–Trinajstić information content (AvgIpc) is 2.44. The Morgan fingerprint density at radius 1 is 1.33 bits per heavy atom. The molecule has 21 heavy (non-hydrogen) atoms. The topological polar surface area (TPSA) is 53.2 Å². The van der Waals surface area contributed by atoms with E-state index in [1.54, 1.807) is 0 Å². The lowest BCUT2D eigenvalue weighted by atomic mass is 10.1. The summed E-state index contributed by atoms with van der Waals surface area (Å²) in [6.07, 6.45) is -2.19. The molecule has 1 aromatic rings. The Balaban J connectivity index is 2.95. The van der Waals surface area contributed by atoms with Crippen molar-refractivity contribution in [2.45, 2.75) is 44.9 Å². The molecule has 0 saturated carbocycles. The van der Waals surface area contributed by atoms with E-state index < -0.39 is 17.3 Å². The van der Waals surface area contributed by atoms with E-state index in [1.807, 2.05) is 6.92 Å². The van der Waals surface area contributed by atoms with Crippen molar-refractivity contribution in [3.8, 4) is 11.8 Å². The molecule has 0 radical (unpaired) electrons. The molecular formula is C15H18F3NO2. The number of benzene rings is 1. The minimum Gasteiger partial charge on any atom is -0.490 e. The number of rotatable bonds is 7. The van der Waals surface area contributed by atoms with Gasteiger partial charge in [0.2, 0.25) is 0 Å². The Labute approximate surface area is 122 Å². The molecule has 0 aliphatic carbocycles. The summed E-state index contributed by atoms with van der Waals surface area (Å²) in [6.45, 7) is 1.97. The first-order chi connectivity index (χ1) is 9.92. The second kappa shape index (κ2) is 7.89. The highest BCUT2D eigenvalue weighted by Gasteiger charge is 2.34. The van der Waals surface area contributed by atoms with Crippen LogP contribution < -0.4 is 4.74 Å². The van der Waals surface area contributed by atoms with Gasteiger partial charge in [0.1, 0.15) is 5.75 Å². The molecule has 1 aromatic carbocycles. The van der Waals surface area contributed by atoms with Gasteiger partial charge in [-0.15, -0.1) is 0 Å². The minimum atomic E-state index is -4.59. The van der Waals surface area contributed by atoms with Crippen molar-refractivity contribution in [1.29, 1.82) is 5.26 Å². The highest BCUT2D eigenvalue weighted by atomic mass is 19.4. The summed E-state index contributed by atoms with van der Waals surface area (Å²) in [7, 11) is 0. The highest BCUT2D eigenvalue weighted by Crippen LogP contribution is 2.34. The summed E-state index contributed by atoms with van der Waals surface area (Å²) >= 11 is 0. The monoisotopic (exact) mass is 301 g/mol. The smallest absolute Gasteiger partial charge is 0.417 e. The van der Waals surface area contributed by atoms with Gasteiger partial charge in [-0.05, 0) is 37.5 Å².